The molecule has 1 aromatic heterocycles. The maximum atomic E-state index is 9.60. The quantitative estimate of drug-likeness (QED) is 0.879. The highest BCUT2D eigenvalue weighted by molar-refractivity contribution is 5.84. The van der Waals surface area contributed by atoms with Gasteiger partial charge in [0, 0.05) is 17.2 Å². The highest BCUT2D eigenvalue weighted by atomic mass is 16.5. The van der Waals surface area contributed by atoms with Gasteiger partial charge in [-0.3, -0.25) is 10.5 Å². The minimum atomic E-state index is -0.638. The Morgan fingerprint density at radius 3 is 2.50 bits per heavy atom. The zero-order chi connectivity index (χ0) is 17.5. The maximum absolute atomic E-state index is 9.60. The van der Waals surface area contributed by atoms with E-state index in [9.17, 15) is 5.26 Å². The fourth-order valence-electron chi connectivity index (χ4n) is 3.20. The van der Waals surface area contributed by atoms with Crippen LogP contribution in [-0.2, 0) is 11.8 Å². The van der Waals surface area contributed by atoms with Crippen LogP contribution in [0.1, 0.15) is 56.0 Å². The smallest absolute Gasteiger partial charge is 0.243 e. The molecule has 0 spiro atoms. The highest BCUT2D eigenvalue weighted by Crippen LogP contribution is 2.43. The predicted molar refractivity (Wildman–Crippen MR) is 92.4 cm³/mol. The number of hydrogen-bond donors (Lipinski definition) is 2. The molecule has 0 fully saturated rings. The molecule has 1 aromatic carbocycles. The zero-order valence-corrected chi connectivity index (χ0v) is 14.5. The second kappa shape index (κ2) is 5.79. The van der Waals surface area contributed by atoms with Gasteiger partial charge in [-0.05, 0) is 23.0 Å². The van der Waals surface area contributed by atoms with Gasteiger partial charge in [-0.15, -0.1) is 5.10 Å². The second-order valence-electron chi connectivity index (χ2n) is 7.20. The number of aryl methyl sites for hydroxylation is 1. The Labute approximate surface area is 142 Å². The topological polar surface area (TPSA) is 85.5 Å². The molecule has 0 aliphatic carbocycles. The number of fused-ring (bicyclic) bond motifs is 1. The summed E-state index contributed by atoms with van der Waals surface area (Å²) in [5, 5.41) is 24.8. The molecule has 0 bridgehead atoms. The van der Waals surface area contributed by atoms with E-state index in [0.29, 0.717) is 5.88 Å². The van der Waals surface area contributed by atoms with Crippen molar-refractivity contribution in [1.29, 1.82) is 10.7 Å². The molecular formula is C19H22N4O. The number of H-pyrrole nitrogens is 1. The summed E-state index contributed by atoms with van der Waals surface area (Å²) >= 11 is 0. The molecule has 2 atom stereocenters. The third kappa shape index (κ3) is 2.58. The standard InChI is InChI=1S/C19H22N4O/c1-5-14-16-15(11-6-8-12(9-7-11)19(2,3)4)13(10-20)17(21)24-18(16)23-22-14/h6-9,13,15,21H,5H2,1-4H3,(H,22,23). The molecule has 24 heavy (non-hydrogen) atoms. The van der Waals surface area contributed by atoms with Gasteiger partial charge in [0.25, 0.3) is 0 Å². The van der Waals surface area contributed by atoms with Gasteiger partial charge in [-0.25, -0.2) is 0 Å². The molecule has 124 valence electrons. The van der Waals surface area contributed by atoms with E-state index in [-0.39, 0.29) is 17.2 Å². The van der Waals surface area contributed by atoms with Gasteiger partial charge in [0.15, 0.2) is 0 Å². The van der Waals surface area contributed by atoms with Crippen LogP contribution in [0.25, 0.3) is 0 Å². The number of nitriles is 1. The molecule has 2 N–H and O–H groups in total. The molecule has 5 heteroatoms. The fraction of sp³-hybridized carbons (Fsp3) is 0.421. The van der Waals surface area contributed by atoms with Gasteiger partial charge in [0.2, 0.25) is 11.8 Å². The first kappa shape index (κ1) is 16.3. The molecule has 2 heterocycles. The van der Waals surface area contributed by atoms with Gasteiger partial charge in [-0.1, -0.05) is 52.0 Å². The molecule has 0 saturated heterocycles. The van der Waals surface area contributed by atoms with E-state index < -0.39 is 5.92 Å². The van der Waals surface area contributed by atoms with Crippen molar-refractivity contribution in [1.82, 2.24) is 10.2 Å². The summed E-state index contributed by atoms with van der Waals surface area (Å²) in [6.07, 6.45) is 0.772. The molecule has 0 amide bonds. The molecule has 1 aliphatic rings. The Bertz CT molecular complexity index is 805. The molecule has 3 rings (SSSR count). The Kier molecular flexibility index (Phi) is 3.92. The number of aromatic nitrogens is 2. The van der Waals surface area contributed by atoms with Crippen LogP contribution >= 0.6 is 0 Å². The monoisotopic (exact) mass is 322 g/mol. The Balaban J connectivity index is 2.12. The summed E-state index contributed by atoms with van der Waals surface area (Å²) in [6, 6.07) is 10.6. The van der Waals surface area contributed by atoms with Crippen molar-refractivity contribution in [3.8, 4) is 11.9 Å². The second-order valence-corrected chi connectivity index (χ2v) is 7.20. The van der Waals surface area contributed by atoms with E-state index in [0.717, 1.165) is 23.2 Å². The van der Waals surface area contributed by atoms with E-state index in [1.165, 1.54) is 5.56 Å². The minimum absolute atomic E-state index is 0.0379. The molecule has 0 radical (unpaired) electrons. The van der Waals surface area contributed by atoms with E-state index in [2.05, 4.69) is 61.3 Å². The summed E-state index contributed by atoms with van der Waals surface area (Å²) in [5.41, 5.74) is 4.20. The Morgan fingerprint density at radius 2 is 1.96 bits per heavy atom. The van der Waals surface area contributed by atoms with Crippen molar-refractivity contribution in [2.24, 2.45) is 5.92 Å². The van der Waals surface area contributed by atoms with Crippen molar-refractivity contribution in [3.05, 3.63) is 46.6 Å². The largest absolute Gasteiger partial charge is 0.422 e. The maximum Gasteiger partial charge on any atom is 0.243 e. The lowest BCUT2D eigenvalue weighted by Gasteiger charge is -2.28. The average Bonchev–Trinajstić information content (AvgIpc) is 2.95. The van der Waals surface area contributed by atoms with Crippen LogP contribution in [0.2, 0.25) is 0 Å². The van der Waals surface area contributed by atoms with Gasteiger partial charge in [0.05, 0.1) is 6.07 Å². The van der Waals surface area contributed by atoms with Crippen LogP contribution in [0.3, 0.4) is 0 Å². The number of hydrogen-bond acceptors (Lipinski definition) is 4. The number of nitrogens with zero attached hydrogens (tertiary/aromatic N) is 2. The van der Waals surface area contributed by atoms with Crippen LogP contribution in [-0.4, -0.2) is 16.1 Å². The molecule has 2 aromatic rings. The number of aromatic amines is 1. The van der Waals surface area contributed by atoms with E-state index in [4.69, 9.17) is 10.1 Å². The van der Waals surface area contributed by atoms with Crippen molar-refractivity contribution in [3.63, 3.8) is 0 Å². The van der Waals surface area contributed by atoms with Crippen LogP contribution in [0.15, 0.2) is 24.3 Å². The summed E-state index contributed by atoms with van der Waals surface area (Å²) in [4.78, 5) is 0. The third-order valence-electron chi connectivity index (χ3n) is 4.61. The first-order valence-corrected chi connectivity index (χ1v) is 8.20. The molecule has 1 aliphatic heterocycles. The van der Waals surface area contributed by atoms with Crippen LogP contribution in [0.5, 0.6) is 5.88 Å². The third-order valence-corrected chi connectivity index (χ3v) is 4.61. The molecule has 2 unspecified atom stereocenters. The Morgan fingerprint density at radius 1 is 1.29 bits per heavy atom. The SMILES string of the molecule is CCc1[nH]nc2c1C(c1ccc(C(C)(C)C)cc1)C(C#N)C(=N)O2. The van der Waals surface area contributed by atoms with Crippen LogP contribution in [0.4, 0.5) is 0 Å². The summed E-state index contributed by atoms with van der Waals surface area (Å²) in [6.45, 7) is 8.56. The highest BCUT2D eigenvalue weighted by Gasteiger charge is 2.40. The van der Waals surface area contributed by atoms with Gasteiger partial charge < -0.3 is 4.74 Å². The molecule has 0 saturated carbocycles. The van der Waals surface area contributed by atoms with Gasteiger partial charge in [-0.2, -0.15) is 5.26 Å². The summed E-state index contributed by atoms with van der Waals surface area (Å²) in [7, 11) is 0. The summed E-state index contributed by atoms with van der Waals surface area (Å²) in [5.74, 6) is -0.479. The predicted octanol–water partition coefficient (Wildman–Crippen LogP) is 3.91. The van der Waals surface area contributed by atoms with E-state index >= 15 is 0 Å². The van der Waals surface area contributed by atoms with Crippen molar-refractivity contribution in [2.75, 3.05) is 0 Å². The molecular weight excluding hydrogens is 300 g/mol. The van der Waals surface area contributed by atoms with Crippen LogP contribution in [0, 0.1) is 22.7 Å². The number of ether oxygens (including phenoxy) is 1. The average molecular weight is 322 g/mol. The van der Waals surface area contributed by atoms with Crippen LogP contribution < -0.4 is 4.74 Å². The zero-order valence-electron chi connectivity index (χ0n) is 14.5. The normalized spacial score (nSPS) is 20.2. The number of nitrogens with one attached hydrogen (secondary N) is 2. The van der Waals surface area contributed by atoms with Crippen molar-refractivity contribution < 1.29 is 4.74 Å². The van der Waals surface area contributed by atoms with E-state index in [1.54, 1.807) is 0 Å². The van der Waals surface area contributed by atoms with Crippen molar-refractivity contribution >= 4 is 5.90 Å². The molecule has 5 nitrogen and oxygen atoms in total. The number of rotatable bonds is 2. The first-order valence-electron chi connectivity index (χ1n) is 8.20. The summed E-state index contributed by atoms with van der Waals surface area (Å²) < 4.78 is 5.47. The lowest BCUT2D eigenvalue weighted by atomic mass is 9.78. The lowest BCUT2D eigenvalue weighted by molar-refractivity contribution is 0.436. The van der Waals surface area contributed by atoms with Gasteiger partial charge >= 0.3 is 0 Å². The minimum Gasteiger partial charge on any atom is -0.422 e. The fourth-order valence-corrected chi connectivity index (χ4v) is 3.20. The van der Waals surface area contributed by atoms with Crippen molar-refractivity contribution in [2.45, 2.75) is 45.4 Å². The Hall–Kier alpha value is -2.61. The van der Waals surface area contributed by atoms with Gasteiger partial charge in [0.1, 0.15) is 5.92 Å². The number of benzene rings is 1. The van der Waals surface area contributed by atoms with E-state index in [1.807, 2.05) is 6.92 Å². The first-order chi connectivity index (χ1) is 11.4. The lowest BCUT2D eigenvalue weighted by Crippen LogP contribution is -2.31.